The first-order chi connectivity index (χ1) is 10.5. The molecule has 0 aromatic heterocycles. The van der Waals surface area contributed by atoms with E-state index in [1.807, 2.05) is 20.8 Å². The van der Waals surface area contributed by atoms with Crippen molar-refractivity contribution in [3.05, 3.63) is 0 Å². The van der Waals surface area contributed by atoms with Crippen LogP contribution < -0.4 is 0 Å². The largest absolute Gasteiger partial charge is 0.520 e. The van der Waals surface area contributed by atoms with E-state index in [1.165, 1.54) is 0 Å². The zero-order valence-corrected chi connectivity index (χ0v) is 14.5. The summed E-state index contributed by atoms with van der Waals surface area (Å²) in [5, 5.41) is -1.04. The molecule has 0 N–H and O–H groups in total. The third-order valence-corrected chi connectivity index (χ3v) is 9.42. The molecule has 0 aromatic carbocycles. The first kappa shape index (κ1) is 16.1. The van der Waals surface area contributed by atoms with Crippen LogP contribution in [-0.4, -0.2) is 40.6 Å². The monoisotopic (exact) mass is 328 g/mol. The van der Waals surface area contributed by atoms with Gasteiger partial charge in [0.25, 0.3) is 0 Å². The van der Waals surface area contributed by atoms with Crippen molar-refractivity contribution < 1.29 is 27.6 Å². The minimum atomic E-state index is -3.38. The summed E-state index contributed by atoms with van der Waals surface area (Å²) >= 11 is 0. The van der Waals surface area contributed by atoms with Gasteiger partial charge in [-0.1, -0.05) is 0 Å². The second-order valence-electron chi connectivity index (χ2n) is 6.33. The predicted molar refractivity (Wildman–Crippen MR) is 78.8 cm³/mol. The summed E-state index contributed by atoms with van der Waals surface area (Å²) in [7, 11) is -3.38. The summed E-state index contributed by atoms with van der Waals surface area (Å²) < 4.78 is 23.1. The molecule has 2 aliphatic carbocycles. The maximum atomic E-state index is 12.8. The van der Waals surface area contributed by atoms with Crippen molar-refractivity contribution in [2.24, 2.45) is 11.3 Å². The Labute approximate surface area is 131 Å². The minimum absolute atomic E-state index is 0.352. The Bertz CT molecular complexity index is 477. The number of ether oxygens (including phenoxy) is 1. The minimum Gasteiger partial charge on any atom is -0.392 e. The molecule has 1 spiro atoms. The van der Waals surface area contributed by atoms with Crippen LogP contribution in [0.15, 0.2) is 0 Å². The van der Waals surface area contributed by atoms with Crippen molar-refractivity contribution in [1.29, 1.82) is 0 Å². The maximum absolute atomic E-state index is 12.8. The van der Waals surface area contributed by atoms with Crippen LogP contribution in [0.3, 0.4) is 0 Å². The lowest BCUT2D eigenvalue weighted by Crippen LogP contribution is -2.63. The van der Waals surface area contributed by atoms with Crippen molar-refractivity contribution in [3.63, 3.8) is 0 Å². The highest BCUT2D eigenvalue weighted by Gasteiger charge is 2.86. The van der Waals surface area contributed by atoms with Gasteiger partial charge in [-0.2, -0.15) is 0 Å². The van der Waals surface area contributed by atoms with Crippen LogP contribution in [0.4, 0.5) is 0 Å². The number of carbonyl (C=O) groups excluding carboxylic acids is 2. The summed E-state index contributed by atoms with van der Waals surface area (Å²) in [6.45, 7) is 6.73. The predicted octanol–water partition coefficient (Wildman–Crippen LogP) is 2.05. The molecule has 3 unspecified atom stereocenters. The third kappa shape index (κ3) is 1.71. The fraction of sp³-hybridized carbons (Fsp3) is 0.867. The lowest BCUT2D eigenvalue weighted by Gasteiger charge is -2.45. The summed E-state index contributed by atoms with van der Waals surface area (Å²) in [6, 6.07) is 0. The lowest BCUT2D eigenvalue weighted by molar-refractivity contribution is -0.155. The van der Waals surface area contributed by atoms with Crippen molar-refractivity contribution in [3.8, 4) is 0 Å². The van der Waals surface area contributed by atoms with Gasteiger partial charge in [0.05, 0.1) is 5.41 Å². The van der Waals surface area contributed by atoms with Gasteiger partial charge in [-0.05, 0) is 52.4 Å². The zero-order chi connectivity index (χ0) is 16.0. The Morgan fingerprint density at radius 3 is 2.14 bits per heavy atom. The molecule has 2 bridgehead atoms. The lowest BCUT2D eigenvalue weighted by atomic mass is 9.76. The van der Waals surface area contributed by atoms with Crippen LogP contribution in [-0.2, 0) is 27.6 Å². The molecule has 3 atom stereocenters. The molecular formula is C15H24O6Si. The SMILES string of the molecule is CCO[Si](OCC)(OCC)C12CC3CCC1(C3)C(=O)OC2=O. The quantitative estimate of drug-likeness (QED) is 0.405. The van der Waals surface area contributed by atoms with Crippen molar-refractivity contribution in [2.45, 2.75) is 51.5 Å². The highest BCUT2D eigenvalue weighted by Crippen LogP contribution is 2.75. The van der Waals surface area contributed by atoms with Gasteiger partial charge >= 0.3 is 20.7 Å². The Hall–Kier alpha value is -0.763. The van der Waals surface area contributed by atoms with Gasteiger partial charge in [-0.25, -0.2) is 0 Å². The van der Waals surface area contributed by atoms with Gasteiger partial charge < -0.3 is 18.0 Å². The molecule has 1 heterocycles. The average Bonchev–Trinajstić information content (AvgIpc) is 3.10. The highest BCUT2D eigenvalue weighted by atomic mass is 28.4. The number of cyclic esters (lactones) is 2. The number of hydrogen-bond acceptors (Lipinski definition) is 6. The third-order valence-electron chi connectivity index (χ3n) is 5.48. The number of esters is 2. The second kappa shape index (κ2) is 5.40. The Kier molecular flexibility index (Phi) is 3.95. The molecular weight excluding hydrogens is 304 g/mol. The number of carbonyl (C=O) groups is 2. The van der Waals surface area contributed by atoms with E-state index in [1.54, 1.807) is 0 Å². The fourth-order valence-corrected chi connectivity index (χ4v) is 8.74. The molecule has 3 rings (SSSR count). The molecule has 0 radical (unpaired) electrons. The van der Waals surface area contributed by atoms with E-state index in [0.29, 0.717) is 45.0 Å². The molecule has 7 heteroatoms. The smallest absolute Gasteiger partial charge is 0.392 e. The average molecular weight is 328 g/mol. The van der Waals surface area contributed by atoms with Gasteiger partial charge in [0.1, 0.15) is 0 Å². The van der Waals surface area contributed by atoms with Gasteiger partial charge in [0.2, 0.25) is 0 Å². The summed E-state index contributed by atoms with van der Waals surface area (Å²) in [6.07, 6.45) is 2.91. The van der Waals surface area contributed by atoms with Crippen molar-refractivity contribution >= 4 is 20.7 Å². The van der Waals surface area contributed by atoms with Crippen LogP contribution in [0.2, 0.25) is 5.04 Å². The fourth-order valence-electron chi connectivity index (χ4n) is 4.85. The maximum Gasteiger partial charge on any atom is 0.520 e. The number of rotatable bonds is 7. The molecule has 3 aliphatic rings. The summed E-state index contributed by atoms with van der Waals surface area (Å²) in [4.78, 5) is 25.3. The van der Waals surface area contributed by atoms with Crippen molar-refractivity contribution in [2.75, 3.05) is 19.8 Å². The highest BCUT2D eigenvalue weighted by molar-refractivity contribution is 6.70. The van der Waals surface area contributed by atoms with E-state index in [0.717, 1.165) is 6.42 Å². The first-order valence-electron chi connectivity index (χ1n) is 8.20. The molecule has 22 heavy (non-hydrogen) atoms. The van der Waals surface area contributed by atoms with Crippen LogP contribution in [0.25, 0.3) is 0 Å². The number of hydrogen-bond donors (Lipinski definition) is 0. The summed E-state index contributed by atoms with van der Waals surface area (Å²) in [5.41, 5.74) is -0.791. The Balaban J connectivity index is 2.15. The van der Waals surface area contributed by atoms with Gasteiger partial charge in [-0.15, -0.1) is 0 Å². The standard InChI is InChI=1S/C15H24O6Si/c1-4-18-22(19-5-2,20-6-3)15-10-11-7-8-14(15,9-11)12(16)21-13(15)17/h11H,4-10H2,1-3H3. The van der Waals surface area contributed by atoms with E-state index in [9.17, 15) is 9.59 Å². The molecule has 6 nitrogen and oxygen atoms in total. The van der Waals surface area contributed by atoms with Gasteiger partial charge in [0, 0.05) is 19.8 Å². The Morgan fingerprint density at radius 1 is 1.05 bits per heavy atom. The molecule has 1 aliphatic heterocycles. The van der Waals surface area contributed by atoms with E-state index >= 15 is 0 Å². The Morgan fingerprint density at radius 2 is 1.64 bits per heavy atom. The zero-order valence-electron chi connectivity index (χ0n) is 13.5. The van der Waals surface area contributed by atoms with Gasteiger partial charge in [-0.3, -0.25) is 9.59 Å². The first-order valence-corrected chi connectivity index (χ1v) is 9.93. The van der Waals surface area contributed by atoms with Crippen LogP contribution in [0.1, 0.15) is 46.5 Å². The molecule has 124 valence electrons. The van der Waals surface area contributed by atoms with Crippen LogP contribution in [0, 0.1) is 11.3 Å². The second-order valence-corrected chi connectivity index (χ2v) is 9.16. The van der Waals surface area contributed by atoms with Gasteiger partial charge in [0.15, 0.2) is 5.04 Å². The van der Waals surface area contributed by atoms with E-state index in [2.05, 4.69) is 0 Å². The molecule has 0 aromatic rings. The van der Waals surface area contributed by atoms with E-state index < -0.39 is 31.2 Å². The molecule has 0 amide bonds. The van der Waals surface area contributed by atoms with E-state index in [4.69, 9.17) is 18.0 Å². The normalized spacial score (nSPS) is 36.8. The van der Waals surface area contributed by atoms with Crippen molar-refractivity contribution in [1.82, 2.24) is 0 Å². The van der Waals surface area contributed by atoms with E-state index in [-0.39, 0.29) is 0 Å². The summed E-state index contributed by atoms with van der Waals surface area (Å²) in [5.74, 6) is -0.528. The molecule has 1 saturated heterocycles. The molecule has 3 fully saturated rings. The molecule has 2 saturated carbocycles. The topological polar surface area (TPSA) is 71.1 Å². The van der Waals surface area contributed by atoms with Crippen LogP contribution >= 0.6 is 0 Å². The number of fused-ring (bicyclic) bond motifs is 1. The van der Waals surface area contributed by atoms with Crippen LogP contribution in [0.5, 0.6) is 0 Å².